The van der Waals surface area contributed by atoms with E-state index in [-0.39, 0.29) is 10.8 Å². The second kappa shape index (κ2) is 7.96. The van der Waals surface area contributed by atoms with E-state index < -0.39 is 6.10 Å². The molecule has 1 N–H and O–H groups in total. The van der Waals surface area contributed by atoms with Gasteiger partial charge in [-0.05, 0) is 68.7 Å². The minimum Gasteiger partial charge on any atom is -0.481 e. The molecule has 0 saturated heterocycles. The fraction of sp³-hybridized carbons (Fsp3) is 0.333. The highest BCUT2D eigenvalue weighted by Gasteiger charge is 2.19. The van der Waals surface area contributed by atoms with E-state index >= 15 is 0 Å². The van der Waals surface area contributed by atoms with Gasteiger partial charge >= 0.3 is 4.87 Å². The molecule has 0 bridgehead atoms. The third-order valence-electron chi connectivity index (χ3n) is 4.67. The summed E-state index contributed by atoms with van der Waals surface area (Å²) < 4.78 is 8.49. The van der Waals surface area contributed by atoms with E-state index in [1.54, 1.807) is 4.57 Å². The van der Waals surface area contributed by atoms with Gasteiger partial charge in [-0.3, -0.25) is 14.2 Å². The number of nitrogens with zero attached hydrogens (tertiary/aromatic N) is 1. The Kier molecular flexibility index (Phi) is 5.65. The zero-order chi connectivity index (χ0) is 19.6. The maximum atomic E-state index is 12.7. The van der Waals surface area contributed by atoms with E-state index in [0.29, 0.717) is 24.4 Å². The summed E-state index contributed by atoms with van der Waals surface area (Å²) in [6.45, 7) is 8.55. The third kappa shape index (κ3) is 4.06. The Labute approximate surface area is 162 Å². The van der Waals surface area contributed by atoms with Crippen LogP contribution in [0, 0.1) is 13.8 Å². The molecule has 0 unspecified atom stereocenters. The van der Waals surface area contributed by atoms with Crippen molar-refractivity contribution in [2.75, 3.05) is 5.32 Å². The molecule has 1 heterocycles. The summed E-state index contributed by atoms with van der Waals surface area (Å²) in [5.41, 5.74) is 3.87. The van der Waals surface area contributed by atoms with Crippen molar-refractivity contribution in [2.45, 2.75) is 46.8 Å². The predicted octanol–water partition coefficient (Wildman–Crippen LogP) is 4.50. The number of nitrogens with one attached hydrogen (secondary N) is 1. The summed E-state index contributed by atoms with van der Waals surface area (Å²) in [5, 5.41) is 2.91. The zero-order valence-corrected chi connectivity index (χ0v) is 16.9. The van der Waals surface area contributed by atoms with Crippen LogP contribution in [0.2, 0.25) is 0 Å². The fourth-order valence-electron chi connectivity index (χ4n) is 2.94. The Morgan fingerprint density at radius 3 is 2.59 bits per heavy atom. The largest absolute Gasteiger partial charge is 0.481 e. The van der Waals surface area contributed by atoms with Gasteiger partial charge in [-0.25, -0.2) is 0 Å². The maximum Gasteiger partial charge on any atom is 0.308 e. The molecule has 0 spiro atoms. The van der Waals surface area contributed by atoms with Crippen LogP contribution < -0.4 is 14.9 Å². The number of rotatable bonds is 6. The predicted molar refractivity (Wildman–Crippen MR) is 111 cm³/mol. The first kappa shape index (κ1) is 19.2. The number of thiazole rings is 1. The molecule has 0 fully saturated rings. The second-order valence-corrected chi connectivity index (χ2v) is 7.54. The number of hydrogen-bond donors (Lipinski definition) is 1. The number of aromatic nitrogens is 1. The molecule has 0 saturated carbocycles. The lowest BCUT2D eigenvalue weighted by atomic mass is 10.1. The number of carbonyl (C=O) groups excluding carboxylic acids is 1. The van der Waals surface area contributed by atoms with Gasteiger partial charge in [-0.2, -0.15) is 0 Å². The van der Waals surface area contributed by atoms with Gasteiger partial charge in [0, 0.05) is 12.2 Å². The van der Waals surface area contributed by atoms with Crippen molar-refractivity contribution in [3.8, 4) is 5.75 Å². The van der Waals surface area contributed by atoms with Gasteiger partial charge in [0.1, 0.15) is 5.75 Å². The number of anilines is 1. The molecule has 2 aromatic carbocycles. The average Bonchev–Trinajstić information content (AvgIpc) is 2.96. The smallest absolute Gasteiger partial charge is 0.308 e. The van der Waals surface area contributed by atoms with Gasteiger partial charge < -0.3 is 10.1 Å². The second-order valence-electron chi connectivity index (χ2n) is 6.54. The standard InChI is InChI=1S/C21H24N2O3S/c1-5-18(26-16-9-7-13(3)14(4)11-16)20(24)22-15-8-10-17-19(12-15)27-21(25)23(17)6-2/h7-12,18H,5-6H2,1-4H3,(H,22,24)/t18-/m0/s1. The van der Waals surface area contributed by atoms with Crippen molar-refractivity contribution in [3.05, 3.63) is 57.2 Å². The van der Waals surface area contributed by atoms with Gasteiger partial charge in [-0.15, -0.1) is 0 Å². The maximum absolute atomic E-state index is 12.7. The first-order valence-electron chi connectivity index (χ1n) is 9.11. The number of fused-ring (bicyclic) bond motifs is 1. The van der Waals surface area contributed by atoms with Crippen LogP contribution in [0.1, 0.15) is 31.4 Å². The molecule has 0 aliphatic carbocycles. The summed E-state index contributed by atoms with van der Waals surface area (Å²) in [6, 6.07) is 11.4. The molecular weight excluding hydrogens is 360 g/mol. The van der Waals surface area contributed by atoms with Gasteiger partial charge in [0.2, 0.25) is 0 Å². The van der Waals surface area contributed by atoms with Crippen molar-refractivity contribution in [2.24, 2.45) is 0 Å². The van der Waals surface area contributed by atoms with Crippen LogP contribution in [0.15, 0.2) is 41.2 Å². The van der Waals surface area contributed by atoms with Crippen LogP contribution in [0.5, 0.6) is 5.75 Å². The highest BCUT2D eigenvalue weighted by Crippen LogP contribution is 2.23. The average molecular weight is 385 g/mol. The van der Waals surface area contributed by atoms with Crippen LogP contribution in [-0.4, -0.2) is 16.6 Å². The Balaban J connectivity index is 1.77. The lowest BCUT2D eigenvalue weighted by Crippen LogP contribution is -2.32. The van der Waals surface area contributed by atoms with Crippen LogP contribution in [0.25, 0.3) is 10.2 Å². The summed E-state index contributed by atoms with van der Waals surface area (Å²) in [4.78, 5) is 24.7. The summed E-state index contributed by atoms with van der Waals surface area (Å²) >= 11 is 1.19. The Morgan fingerprint density at radius 1 is 1.15 bits per heavy atom. The van der Waals surface area contributed by atoms with Gasteiger partial charge in [0.25, 0.3) is 5.91 Å². The van der Waals surface area contributed by atoms with Crippen molar-refractivity contribution in [3.63, 3.8) is 0 Å². The summed E-state index contributed by atoms with van der Waals surface area (Å²) in [6.07, 6.45) is -0.0256. The third-order valence-corrected chi connectivity index (χ3v) is 5.61. The normalized spacial score (nSPS) is 12.1. The number of benzene rings is 2. The van der Waals surface area contributed by atoms with Crippen molar-refractivity contribution in [1.82, 2.24) is 4.57 Å². The Hall–Kier alpha value is -2.60. The number of aryl methyl sites for hydroxylation is 3. The molecule has 5 nitrogen and oxygen atoms in total. The van der Waals surface area contributed by atoms with Gasteiger partial charge in [0.05, 0.1) is 10.2 Å². The molecule has 142 valence electrons. The molecule has 27 heavy (non-hydrogen) atoms. The highest BCUT2D eigenvalue weighted by molar-refractivity contribution is 7.16. The topological polar surface area (TPSA) is 60.3 Å². The van der Waals surface area contributed by atoms with E-state index in [1.807, 2.05) is 64.1 Å². The Morgan fingerprint density at radius 2 is 1.93 bits per heavy atom. The molecule has 0 aliphatic rings. The lowest BCUT2D eigenvalue weighted by molar-refractivity contribution is -0.122. The van der Waals surface area contributed by atoms with Crippen molar-refractivity contribution in [1.29, 1.82) is 0 Å². The number of carbonyl (C=O) groups is 1. The Bertz CT molecular complexity index is 1040. The minimum atomic E-state index is -0.582. The lowest BCUT2D eigenvalue weighted by Gasteiger charge is -2.18. The molecule has 3 aromatic rings. The molecule has 1 amide bonds. The molecule has 0 aliphatic heterocycles. The SMILES string of the molecule is CC[C@H](Oc1ccc(C)c(C)c1)C(=O)Nc1ccc2c(c1)sc(=O)n2CC. The van der Waals surface area contributed by atoms with E-state index in [2.05, 4.69) is 5.32 Å². The highest BCUT2D eigenvalue weighted by atomic mass is 32.1. The molecule has 1 aromatic heterocycles. The number of ether oxygens (including phenoxy) is 1. The van der Waals surface area contributed by atoms with Crippen LogP contribution in [0.4, 0.5) is 5.69 Å². The fourth-order valence-corrected chi connectivity index (χ4v) is 3.93. The van der Waals surface area contributed by atoms with Crippen molar-refractivity contribution >= 4 is 33.1 Å². The molecule has 3 rings (SSSR count). The van der Waals surface area contributed by atoms with Gasteiger partial charge in [0.15, 0.2) is 6.10 Å². The van der Waals surface area contributed by atoms with E-state index in [9.17, 15) is 9.59 Å². The van der Waals surface area contributed by atoms with E-state index in [1.165, 1.54) is 16.9 Å². The van der Waals surface area contributed by atoms with Crippen molar-refractivity contribution < 1.29 is 9.53 Å². The molecular formula is C21H24N2O3S. The van der Waals surface area contributed by atoms with E-state index in [0.717, 1.165) is 15.8 Å². The van der Waals surface area contributed by atoms with Crippen LogP contribution >= 0.6 is 11.3 Å². The molecule has 0 radical (unpaired) electrons. The number of amides is 1. The monoisotopic (exact) mass is 384 g/mol. The zero-order valence-electron chi connectivity index (χ0n) is 16.0. The molecule has 6 heteroatoms. The minimum absolute atomic E-state index is 0.0143. The molecule has 1 atom stereocenters. The summed E-state index contributed by atoms with van der Waals surface area (Å²) in [7, 11) is 0. The van der Waals surface area contributed by atoms with Crippen LogP contribution in [-0.2, 0) is 11.3 Å². The van der Waals surface area contributed by atoms with E-state index in [4.69, 9.17) is 4.74 Å². The van der Waals surface area contributed by atoms with Crippen LogP contribution in [0.3, 0.4) is 0 Å². The number of hydrogen-bond acceptors (Lipinski definition) is 4. The first-order valence-corrected chi connectivity index (χ1v) is 9.92. The van der Waals surface area contributed by atoms with Gasteiger partial charge in [-0.1, -0.05) is 24.3 Å². The summed E-state index contributed by atoms with van der Waals surface area (Å²) in [5.74, 6) is 0.492. The quantitative estimate of drug-likeness (QED) is 0.681. The first-order chi connectivity index (χ1) is 12.9.